The summed E-state index contributed by atoms with van der Waals surface area (Å²) in [5, 5.41) is 14.1. The van der Waals surface area contributed by atoms with Gasteiger partial charge in [0.05, 0.1) is 5.69 Å². The van der Waals surface area contributed by atoms with Gasteiger partial charge in [0, 0.05) is 45.2 Å². The molecule has 3 heterocycles. The summed E-state index contributed by atoms with van der Waals surface area (Å²) in [4.78, 5) is 22.3. The van der Waals surface area contributed by atoms with Crippen molar-refractivity contribution in [3.05, 3.63) is 17.3 Å². The summed E-state index contributed by atoms with van der Waals surface area (Å²) in [6.07, 6.45) is 10.5. The van der Waals surface area contributed by atoms with Gasteiger partial charge in [-0.05, 0) is 0 Å². The summed E-state index contributed by atoms with van der Waals surface area (Å²) in [5.41, 5.74) is 1.04. The molecule has 0 aliphatic carbocycles. The number of fused-ring (bicyclic) bond motifs is 1. The molecule has 0 aromatic carbocycles. The third-order valence-corrected chi connectivity index (χ3v) is 4.73. The molecule has 1 aliphatic heterocycles. The molecule has 1 amide bonds. The Morgan fingerprint density at radius 2 is 2.13 bits per heavy atom. The summed E-state index contributed by atoms with van der Waals surface area (Å²) < 4.78 is 0. The lowest BCUT2D eigenvalue weighted by atomic mass is 10.0. The summed E-state index contributed by atoms with van der Waals surface area (Å²) in [5.74, 6) is 2.44. The van der Waals surface area contributed by atoms with E-state index in [0.29, 0.717) is 35.5 Å². The maximum atomic E-state index is 12.4. The van der Waals surface area contributed by atoms with Crippen LogP contribution >= 0.6 is 11.3 Å². The summed E-state index contributed by atoms with van der Waals surface area (Å²) in [6.45, 7) is 0.495. The summed E-state index contributed by atoms with van der Waals surface area (Å²) in [6, 6.07) is 0. The molecule has 23 heavy (non-hydrogen) atoms. The second kappa shape index (κ2) is 6.30. The van der Waals surface area contributed by atoms with Crippen molar-refractivity contribution >= 4 is 33.3 Å². The molecule has 2 aromatic heterocycles. The van der Waals surface area contributed by atoms with Crippen molar-refractivity contribution in [2.45, 2.75) is 24.9 Å². The molecule has 8 heteroatoms. The van der Waals surface area contributed by atoms with E-state index in [0.717, 1.165) is 11.3 Å². The van der Waals surface area contributed by atoms with E-state index in [2.05, 4.69) is 36.8 Å². The van der Waals surface area contributed by atoms with Crippen molar-refractivity contribution < 1.29 is 4.79 Å². The van der Waals surface area contributed by atoms with Crippen molar-refractivity contribution in [2.24, 2.45) is 10.2 Å². The van der Waals surface area contributed by atoms with Crippen LogP contribution in [0.4, 0.5) is 5.69 Å². The number of nitrogens with zero attached hydrogens (tertiary/aromatic N) is 4. The smallest absolute Gasteiger partial charge is 0.263 e. The maximum Gasteiger partial charge on any atom is 0.263 e. The van der Waals surface area contributed by atoms with Gasteiger partial charge in [-0.25, -0.2) is 9.97 Å². The van der Waals surface area contributed by atoms with Crippen LogP contribution in [0.25, 0.3) is 10.3 Å². The maximum absolute atomic E-state index is 12.4. The number of terminal acetylenes is 1. The summed E-state index contributed by atoms with van der Waals surface area (Å²) in [7, 11) is 1.77. The lowest BCUT2D eigenvalue weighted by Gasteiger charge is -2.10. The fraction of sp³-hybridized carbons (Fsp3) is 0.400. The zero-order chi connectivity index (χ0) is 16.3. The Kier molecular flexibility index (Phi) is 4.21. The minimum atomic E-state index is -0.380. The van der Waals surface area contributed by atoms with Gasteiger partial charge in [0.2, 0.25) is 0 Å². The lowest BCUT2D eigenvalue weighted by Crippen LogP contribution is -2.28. The van der Waals surface area contributed by atoms with Crippen LogP contribution in [0.5, 0.6) is 0 Å². The molecule has 1 aliphatic rings. The molecule has 0 fully saturated rings. The number of hydrogen-bond donors (Lipinski definition) is 2. The molecular weight excluding hydrogens is 312 g/mol. The number of anilines is 1. The van der Waals surface area contributed by atoms with Gasteiger partial charge in [0.15, 0.2) is 5.66 Å². The second-order valence-corrected chi connectivity index (χ2v) is 6.16. The number of rotatable bonds is 7. The quantitative estimate of drug-likeness (QED) is 0.764. The first-order valence-corrected chi connectivity index (χ1v) is 8.08. The normalized spacial score (nSPS) is 14.4. The number of carbonyl (C=O) groups excluding carboxylic acids is 1. The zero-order valence-electron chi connectivity index (χ0n) is 12.7. The predicted molar refractivity (Wildman–Crippen MR) is 89.6 cm³/mol. The average molecular weight is 328 g/mol. The number of thiophene rings is 1. The molecule has 0 atom stereocenters. The van der Waals surface area contributed by atoms with E-state index in [1.807, 2.05) is 0 Å². The molecule has 118 valence electrons. The van der Waals surface area contributed by atoms with Gasteiger partial charge in [-0.15, -0.1) is 23.7 Å². The number of amides is 1. The molecular formula is C15H16N6OS. The van der Waals surface area contributed by atoms with Crippen LogP contribution in [0, 0.1) is 12.3 Å². The number of carbonyl (C=O) groups is 1. The Labute approximate surface area is 137 Å². The van der Waals surface area contributed by atoms with Crippen molar-refractivity contribution in [1.29, 1.82) is 0 Å². The van der Waals surface area contributed by atoms with Crippen LogP contribution < -0.4 is 10.6 Å². The number of nitrogens with one attached hydrogen (secondary N) is 2. The molecule has 0 bridgehead atoms. The fourth-order valence-electron chi connectivity index (χ4n) is 2.34. The van der Waals surface area contributed by atoms with Crippen molar-refractivity contribution in [1.82, 2.24) is 15.3 Å². The topological polar surface area (TPSA) is 91.6 Å². The highest BCUT2D eigenvalue weighted by Gasteiger charge is 2.38. The van der Waals surface area contributed by atoms with Gasteiger partial charge < -0.3 is 10.6 Å². The highest BCUT2D eigenvalue weighted by Crippen LogP contribution is 2.36. The van der Waals surface area contributed by atoms with Gasteiger partial charge in [-0.1, -0.05) is 0 Å². The highest BCUT2D eigenvalue weighted by atomic mass is 32.1. The standard InChI is InChI=1S/C15H16N6OS/c1-3-4-5-15(20-21-15)6-7-18-13(22)12-10(16-2)11-14(23-12)19-9-8-17-11/h1,8-9,16H,4-7H2,2H3,(H,18,22). The predicted octanol–water partition coefficient (Wildman–Crippen LogP) is 2.43. The van der Waals surface area contributed by atoms with E-state index < -0.39 is 0 Å². The molecule has 0 unspecified atom stereocenters. The molecule has 0 saturated carbocycles. The van der Waals surface area contributed by atoms with Crippen LogP contribution in [0.3, 0.4) is 0 Å². The van der Waals surface area contributed by atoms with Gasteiger partial charge in [0.1, 0.15) is 15.2 Å². The monoisotopic (exact) mass is 328 g/mol. The molecule has 0 saturated heterocycles. The third kappa shape index (κ3) is 3.14. The average Bonchev–Trinajstić information content (AvgIpc) is 3.23. The van der Waals surface area contributed by atoms with E-state index in [-0.39, 0.29) is 11.6 Å². The lowest BCUT2D eigenvalue weighted by molar-refractivity contribution is 0.0956. The third-order valence-electron chi connectivity index (χ3n) is 3.65. The Morgan fingerprint density at radius 1 is 1.35 bits per heavy atom. The zero-order valence-corrected chi connectivity index (χ0v) is 13.5. The highest BCUT2D eigenvalue weighted by molar-refractivity contribution is 7.21. The second-order valence-electron chi connectivity index (χ2n) is 5.16. The van der Waals surface area contributed by atoms with Gasteiger partial charge in [-0.2, -0.15) is 10.2 Å². The first kappa shape index (κ1) is 15.4. The molecule has 0 radical (unpaired) electrons. The molecule has 2 N–H and O–H groups in total. The van der Waals surface area contributed by atoms with E-state index >= 15 is 0 Å². The van der Waals surface area contributed by atoms with Gasteiger partial charge in [-0.3, -0.25) is 4.79 Å². The van der Waals surface area contributed by atoms with Crippen LogP contribution in [-0.4, -0.2) is 35.1 Å². The van der Waals surface area contributed by atoms with E-state index in [4.69, 9.17) is 6.42 Å². The van der Waals surface area contributed by atoms with Crippen molar-refractivity contribution in [3.8, 4) is 12.3 Å². The van der Waals surface area contributed by atoms with E-state index in [1.54, 1.807) is 19.4 Å². The van der Waals surface area contributed by atoms with Crippen LogP contribution in [0.2, 0.25) is 0 Å². The first-order chi connectivity index (χ1) is 11.2. The number of aromatic nitrogens is 2. The fourth-order valence-corrected chi connectivity index (χ4v) is 3.37. The van der Waals surface area contributed by atoms with E-state index in [9.17, 15) is 4.79 Å². The number of hydrogen-bond acceptors (Lipinski definition) is 7. The summed E-state index contributed by atoms with van der Waals surface area (Å²) >= 11 is 1.32. The SMILES string of the molecule is C#CCCC1(CCNC(=O)c2sc3nccnc3c2NC)N=N1. The Balaban J connectivity index is 1.64. The Morgan fingerprint density at radius 3 is 2.83 bits per heavy atom. The largest absolute Gasteiger partial charge is 0.385 e. The molecule has 3 rings (SSSR count). The Hall–Kier alpha value is -2.53. The van der Waals surface area contributed by atoms with Crippen LogP contribution in [0.1, 0.15) is 28.9 Å². The minimum Gasteiger partial charge on any atom is -0.385 e. The van der Waals surface area contributed by atoms with Crippen molar-refractivity contribution in [2.75, 3.05) is 18.9 Å². The Bertz CT molecular complexity index is 800. The van der Waals surface area contributed by atoms with Gasteiger partial charge >= 0.3 is 0 Å². The molecule has 7 nitrogen and oxygen atoms in total. The van der Waals surface area contributed by atoms with Crippen LogP contribution in [-0.2, 0) is 0 Å². The molecule has 2 aromatic rings. The van der Waals surface area contributed by atoms with Crippen LogP contribution in [0.15, 0.2) is 22.6 Å². The first-order valence-electron chi connectivity index (χ1n) is 7.26. The molecule has 0 spiro atoms. The van der Waals surface area contributed by atoms with Gasteiger partial charge in [0.25, 0.3) is 5.91 Å². The van der Waals surface area contributed by atoms with Crippen molar-refractivity contribution in [3.63, 3.8) is 0 Å². The minimum absolute atomic E-state index is 0.146. The van der Waals surface area contributed by atoms with E-state index in [1.165, 1.54) is 11.3 Å².